The summed E-state index contributed by atoms with van der Waals surface area (Å²) in [6, 6.07) is 12.6. The molecule has 0 aliphatic heterocycles. The van der Waals surface area contributed by atoms with Crippen LogP contribution in [-0.4, -0.2) is 31.3 Å². The Hall–Kier alpha value is -2.65. The highest BCUT2D eigenvalue weighted by molar-refractivity contribution is 7.90. The molecule has 2 N–H and O–H groups in total. The first kappa shape index (κ1) is 25.0. The number of aryl methyl sites for hydroxylation is 1. The van der Waals surface area contributed by atoms with Crippen LogP contribution in [-0.2, 0) is 16.2 Å². The predicted octanol–water partition coefficient (Wildman–Crippen LogP) is 5.10. The Morgan fingerprint density at radius 3 is 2.42 bits per heavy atom. The number of benzene rings is 2. The van der Waals surface area contributed by atoms with E-state index in [0.717, 1.165) is 0 Å². The number of hydrogen-bond donors (Lipinski definition) is 2. The van der Waals surface area contributed by atoms with Crippen LogP contribution in [0.4, 0.5) is 0 Å². The average molecular weight is 489 g/mol. The van der Waals surface area contributed by atoms with Crippen LogP contribution in [0, 0.1) is 6.92 Å². The fourth-order valence-corrected chi connectivity index (χ4v) is 4.21. The molecule has 9 heteroatoms. The predicted molar refractivity (Wildman–Crippen MR) is 128 cm³/mol. The summed E-state index contributed by atoms with van der Waals surface area (Å²) in [5.41, 5.74) is 2.39. The average Bonchev–Trinajstić information content (AvgIpc) is 3.13. The van der Waals surface area contributed by atoms with Gasteiger partial charge in [0.2, 0.25) is 0 Å². The molecule has 1 aromatic heterocycles. The summed E-state index contributed by atoms with van der Waals surface area (Å²) in [5.74, 6) is -1.11. The van der Waals surface area contributed by atoms with Gasteiger partial charge in [-0.3, -0.25) is 9.59 Å². The Morgan fingerprint density at radius 1 is 1.18 bits per heavy atom. The second-order valence-electron chi connectivity index (χ2n) is 8.54. The van der Waals surface area contributed by atoms with Crippen LogP contribution in [0.2, 0.25) is 5.02 Å². The van der Waals surface area contributed by atoms with Gasteiger partial charge in [0.25, 0.3) is 0 Å². The van der Waals surface area contributed by atoms with Crippen LogP contribution in [0.15, 0.2) is 53.1 Å². The molecule has 0 fully saturated rings. The van der Waals surface area contributed by atoms with Crippen molar-refractivity contribution in [1.29, 1.82) is 0 Å². The number of halogens is 1. The maximum absolute atomic E-state index is 13.3. The SMILES string of the molecule is Cc1noc([C@H](CC(=O)O)N[S@@+]([O-])C(C)(C)C)c1-c1ccccc1C(=O)c1ccc(Cl)cc1. The van der Waals surface area contributed by atoms with E-state index in [0.29, 0.717) is 33.0 Å². The highest BCUT2D eigenvalue weighted by Crippen LogP contribution is 2.36. The van der Waals surface area contributed by atoms with Crippen molar-refractivity contribution in [1.82, 2.24) is 9.88 Å². The van der Waals surface area contributed by atoms with E-state index in [2.05, 4.69) is 9.88 Å². The summed E-state index contributed by atoms with van der Waals surface area (Å²) >= 11 is 4.39. The van der Waals surface area contributed by atoms with Crippen molar-refractivity contribution in [3.8, 4) is 11.1 Å². The van der Waals surface area contributed by atoms with E-state index in [1.165, 1.54) is 0 Å². The molecule has 0 radical (unpaired) electrons. The number of aromatic nitrogens is 1. The number of rotatable bonds is 8. The van der Waals surface area contributed by atoms with E-state index in [-0.39, 0.29) is 18.0 Å². The topological polar surface area (TPSA) is 115 Å². The second kappa shape index (κ2) is 10.1. The number of carboxylic acid groups (broad SMARTS) is 1. The van der Waals surface area contributed by atoms with Gasteiger partial charge in [0.05, 0.1) is 17.7 Å². The molecule has 0 spiro atoms. The molecule has 7 nitrogen and oxygen atoms in total. The lowest BCUT2D eigenvalue weighted by Gasteiger charge is -2.27. The third-order valence-corrected chi connectivity index (χ3v) is 6.80. The molecular formula is C24H25ClN2O5S. The summed E-state index contributed by atoms with van der Waals surface area (Å²) in [6.45, 7) is 7.05. The first-order valence-electron chi connectivity index (χ1n) is 10.2. The van der Waals surface area contributed by atoms with Gasteiger partial charge in [-0.2, -0.15) is 0 Å². The van der Waals surface area contributed by atoms with E-state index in [1.54, 1.807) is 76.2 Å². The van der Waals surface area contributed by atoms with Gasteiger partial charge < -0.3 is 14.2 Å². The van der Waals surface area contributed by atoms with E-state index in [4.69, 9.17) is 16.1 Å². The van der Waals surface area contributed by atoms with Crippen molar-refractivity contribution in [2.24, 2.45) is 0 Å². The van der Waals surface area contributed by atoms with Crippen LogP contribution in [0.25, 0.3) is 11.1 Å². The fraction of sp³-hybridized carbons (Fsp3) is 0.292. The van der Waals surface area contributed by atoms with Gasteiger partial charge in [-0.25, -0.2) is 0 Å². The Kier molecular flexibility index (Phi) is 7.64. The van der Waals surface area contributed by atoms with Gasteiger partial charge in [0.1, 0.15) is 10.8 Å². The molecule has 0 unspecified atom stereocenters. The van der Waals surface area contributed by atoms with Crippen molar-refractivity contribution >= 4 is 34.7 Å². The molecule has 1 heterocycles. The van der Waals surface area contributed by atoms with Gasteiger partial charge in [0.15, 0.2) is 11.5 Å². The second-order valence-corrected chi connectivity index (χ2v) is 11.0. The first-order valence-corrected chi connectivity index (χ1v) is 11.8. The van der Waals surface area contributed by atoms with E-state index < -0.39 is 28.1 Å². The normalized spacial score (nSPS) is 13.5. The molecule has 3 rings (SSSR count). The van der Waals surface area contributed by atoms with Gasteiger partial charge in [-0.15, -0.1) is 4.72 Å². The zero-order valence-corrected chi connectivity index (χ0v) is 20.3. The van der Waals surface area contributed by atoms with E-state index in [1.807, 2.05) is 0 Å². The van der Waals surface area contributed by atoms with Crippen LogP contribution >= 0.6 is 11.6 Å². The molecule has 2 atom stereocenters. The Labute approximate surface area is 200 Å². The molecule has 0 amide bonds. The van der Waals surface area contributed by atoms with Crippen LogP contribution in [0.3, 0.4) is 0 Å². The first-order chi connectivity index (χ1) is 15.5. The summed E-state index contributed by atoms with van der Waals surface area (Å²) in [5, 5.41) is 14.0. The summed E-state index contributed by atoms with van der Waals surface area (Å²) in [7, 11) is 0. The number of carboxylic acids is 1. The summed E-state index contributed by atoms with van der Waals surface area (Å²) in [6.07, 6.45) is -0.378. The molecule has 0 bridgehead atoms. The summed E-state index contributed by atoms with van der Waals surface area (Å²) in [4.78, 5) is 24.9. The number of nitrogens with one attached hydrogen (secondary N) is 1. The quantitative estimate of drug-likeness (QED) is 0.334. The lowest BCUT2D eigenvalue weighted by Crippen LogP contribution is -2.41. The summed E-state index contributed by atoms with van der Waals surface area (Å²) < 4.78 is 20.5. The molecule has 0 aliphatic rings. The molecule has 2 aromatic carbocycles. The molecule has 33 heavy (non-hydrogen) atoms. The van der Waals surface area contributed by atoms with Crippen molar-refractivity contribution in [2.75, 3.05) is 0 Å². The van der Waals surface area contributed by atoms with Crippen LogP contribution in [0.5, 0.6) is 0 Å². The Bertz CT molecular complexity index is 1150. The van der Waals surface area contributed by atoms with Crippen LogP contribution in [0.1, 0.15) is 60.6 Å². The van der Waals surface area contributed by atoms with E-state index >= 15 is 0 Å². The number of carbonyl (C=O) groups is 2. The number of ketones is 1. The third-order valence-electron chi connectivity index (χ3n) is 4.94. The minimum absolute atomic E-state index is 0.212. The Morgan fingerprint density at radius 2 is 1.82 bits per heavy atom. The molecule has 3 aromatic rings. The molecule has 0 aliphatic carbocycles. The van der Waals surface area contributed by atoms with E-state index in [9.17, 15) is 19.2 Å². The molecule has 0 saturated carbocycles. The molecule has 174 valence electrons. The third kappa shape index (κ3) is 5.83. The van der Waals surface area contributed by atoms with Gasteiger partial charge >= 0.3 is 5.97 Å². The lowest BCUT2D eigenvalue weighted by molar-refractivity contribution is -0.137. The van der Waals surface area contributed by atoms with Crippen molar-refractivity contribution < 1.29 is 23.8 Å². The smallest absolute Gasteiger partial charge is 0.305 e. The fourth-order valence-electron chi connectivity index (χ4n) is 3.28. The number of carbonyl (C=O) groups excluding carboxylic acids is 1. The lowest BCUT2D eigenvalue weighted by atomic mass is 9.91. The van der Waals surface area contributed by atoms with Gasteiger partial charge in [0, 0.05) is 27.5 Å². The number of nitrogens with zero attached hydrogens (tertiary/aromatic N) is 1. The zero-order chi connectivity index (χ0) is 24.3. The highest BCUT2D eigenvalue weighted by Gasteiger charge is 2.35. The van der Waals surface area contributed by atoms with Crippen molar-refractivity contribution in [2.45, 2.75) is 44.9 Å². The van der Waals surface area contributed by atoms with Gasteiger partial charge in [-0.1, -0.05) is 41.0 Å². The zero-order valence-electron chi connectivity index (χ0n) is 18.7. The standard InChI is InChI=1S/C24H25ClN2O5S/c1-14-21(23(32-26-14)19(13-20(28)29)27-33(31)24(2,3)4)17-7-5-6-8-18(17)22(30)15-9-11-16(25)12-10-15/h5-12,19,27H,13H2,1-4H3,(H,28,29)/t19-,33-/m0/s1. The van der Waals surface area contributed by atoms with Crippen LogP contribution < -0.4 is 4.72 Å². The molecule has 0 saturated heterocycles. The number of hydrogen-bond acceptors (Lipinski definition) is 6. The maximum Gasteiger partial charge on any atom is 0.305 e. The number of aliphatic carboxylic acids is 1. The minimum Gasteiger partial charge on any atom is -0.598 e. The minimum atomic E-state index is -1.57. The highest BCUT2D eigenvalue weighted by atomic mass is 35.5. The molecular weight excluding hydrogens is 464 g/mol. The Balaban J connectivity index is 2.10. The van der Waals surface area contributed by atoms with Crippen molar-refractivity contribution in [3.63, 3.8) is 0 Å². The maximum atomic E-state index is 13.3. The van der Waals surface area contributed by atoms with Gasteiger partial charge in [-0.05, 0) is 57.5 Å². The largest absolute Gasteiger partial charge is 0.598 e. The monoisotopic (exact) mass is 488 g/mol. The van der Waals surface area contributed by atoms with Crippen molar-refractivity contribution in [3.05, 3.63) is 76.1 Å².